The summed E-state index contributed by atoms with van der Waals surface area (Å²) in [5.41, 5.74) is 5.91. The quantitative estimate of drug-likeness (QED) is 0.776. The molecule has 0 aliphatic carbocycles. The molecule has 5 nitrogen and oxygen atoms in total. The van der Waals surface area contributed by atoms with Gasteiger partial charge in [-0.2, -0.15) is 4.98 Å². The van der Waals surface area contributed by atoms with Gasteiger partial charge in [-0.25, -0.2) is 0 Å². The largest absolute Gasteiger partial charge is 0.340 e. The maximum Gasteiger partial charge on any atom is 0.223 e. The number of piperidine rings is 1. The van der Waals surface area contributed by atoms with Crippen molar-refractivity contribution in [2.24, 2.45) is 5.73 Å². The van der Waals surface area contributed by atoms with Crippen molar-refractivity contribution >= 4 is 0 Å². The minimum atomic E-state index is -0.385. The summed E-state index contributed by atoms with van der Waals surface area (Å²) in [6.07, 6.45) is 1.81. The molecule has 0 aromatic carbocycles. The first-order chi connectivity index (χ1) is 7.14. The fourth-order valence-electron chi connectivity index (χ4n) is 1.99. The zero-order valence-electron chi connectivity index (χ0n) is 9.36. The van der Waals surface area contributed by atoms with Crippen molar-refractivity contribution in [3.8, 4) is 0 Å². The van der Waals surface area contributed by atoms with Crippen LogP contribution in [-0.2, 0) is 5.54 Å². The molecular formula is C10H18N4O. The number of rotatable bonds is 2. The Morgan fingerprint density at radius 2 is 2.13 bits per heavy atom. The molecule has 0 spiro atoms. The molecule has 0 saturated carbocycles. The average Bonchev–Trinajstić information content (AvgIpc) is 2.67. The van der Waals surface area contributed by atoms with Crippen molar-refractivity contribution in [3.63, 3.8) is 0 Å². The van der Waals surface area contributed by atoms with Crippen LogP contribution in [0.1, 0.15) is 31.5 Å². The SMILES string of the molecule is CCN1CCC(N)(c2noc(C)n2)CC1. The summed E-state index contributed by atoms with van der Waals surface area (Å²) in [5, 5.41) is 3.93. The zero-order valence-corrected chi connectivity index (χ0v) is 9.36. The second-order valence-electron chi connectivity index (χ2n) is 4.23. The molecule has 2 rings (SSSR count). The Morgan fingerprint density at radius 1 is 1.47 bits per heavy atom. The lowest BCUT2D eigenvalue weighted by atomic mass is 9.88. The molecule has 1 aliphatic rings. The van der Waals surface area contributed by atoms with Crippen LogP contribution in [-0.4, -0.2) is 34.7 Å². The molecule has 1 fully saturated rings. The van der Waals surface area contributed by atoms with Gasteiger partial charge >= 0.3 is 0 Å². The van der Waals surface area contributed by atoms with Crippen LogP contribution in [0, 0.1) is 6.92 Å². The standard InChI is InChI=1S/C10H18N4O/c1-3-14-6-4-10(11,5-7-14)9-12-8(2)15-13-9/h3-7,11H2,1-2H3. The highest BCUT2D eigenvalue weighted by molar-refractivity contribution is 5.05. The molecule has 84 valence electrons. The van der Waals surface area contributed by atoms with Gasteiger partial charge in [0.25, 0.3) is 0 Å². The van der Waals surface area contributed by atoms with Gasteiger partial charge in [0.15, 0.2) is 5.82 Å². The Morgan fingerprint density at radius 3 is 2.60 bits per heavy atom. The van der Waals surface area contributed by atoms with Gasteiger partial charge in [-0.05, 0) is 19.4 Å². The first kappa shape index (κ1) is 10.6. The number of likely N-dealkylation sites (tertiary alicyclic amines) is 1. The van der Waals surface area contributed by atoms with E-state index in [0.29, 0.717) is 11.7 Å². The summed E-state index contributed by atoms with van der Waals surface area (Å²) in [7, 11) is 0. The van der Waals surface area contributed by atoms with E-state index in [9.17, 15) is 0 Å². The normalized spacial score (nSPS) is 21.8. The molecule has 2 N–H and O–H groups in total. The third-order valence-electron chi connectivity index (χ3n) is 3.17. The number of hydrogen-bond acceptors (Lipinski definition) is 5. The van der Waals surface area contributed by atoms with Gasteiger partial charge in [0.1, 0.15) is 0 Å². The van der Waals surface area contributed by atoms with E-state index in [4.69, 9.17) is 10.3 Å². The van der Waals surface area contributed by atoms with Crippen LogP contribution in [0.15, 0.2) is 4.52 Å². The summed E-state index contributed by atoms with van der Waals surface area (Å²) < 4.78 is 4.98. The fourth-order valence-corrected chi connectivity index (χ4v) is 1.99. The molecule has 5 heteroatoms. The predicted octanol–water partition coefficient (Wildman–Crippen LogP) is 0.648. The number of nitrogens with zero attached hydrogens (tertiary/aromatic N) is 3. The number of hydrogen-bond donors (Lipinski definition) is 1. The van der Waals surface area contributed by atoms with Crippen molar-refractivity contribution in [1.29, 1.82) is 0 Å². The topological polar surface area (TPSA) is 68.2 Å². The second kappa shape index (κ2) is 3.90. The lowest BCUT2D eigenvalue weighted by Crippen LogP contribution is -2.48. The predicted molar refractivity (Wildman–Crippen MR) is 56.2 cm³/mol. The highest BCUT2D eigenvalue weighted by Gasteiger charge is 2.35. The van der Waals surface area contributed by atoms with E-state index in [2.05, 4.69) is 22.0 Å². The fraction of sp³-hybridized carbons (Fsp3) is 0.800. The molecule has 1 aromatic heterocycles. The maximum atomic E-state index is 6.30. The van der Waals surface area contributed by atoms with E-state index in [-0.39, 0.29) is 5.54 Å². The summed E-state index contributed by atoms with van der Waals surface area (Å²) in [6.45, 7) is 7.07. The summed E-state index contributed by atoms with van der Waals surface area (Å²) >= 11 is 0. The summed E-state index contributed by atoms with van der Waals surface area (Å²) in [4.78, 5) is 6.62. The van der Waals surface area contributed by atoms with Crippen LogP contribution >= 0.6 is 0 Å². The molecule has 1 aliphatic heterocycles. The van der Waals surface area contributed by atoms with Crippen LogP contribution in [0.3, 0.4) is 0 Å². The molecule has 0 unspecified atom stereocenters. The van der Waals surface area contributed by atoms with E-state index in [1.165, 1.54) is 0 Å². The van der Waals surface area contributed by atoms with E-state index in [1.807, 2.05) is 0 Å². The van der Waals surface area contributed by atoms with Crippen LogP contribution in [0.5, 0.6) is 0 Å². The summed E-state index contributed by atoms with van der Waals surface area (Å²) in [6, 6.07) is 0. The molecule has 0 atom stereocenters. The van der Waals surface area contributed by atoms with Crippen LogP contribution in [0.2, 0.25) is 0 Å². The molecular weight excluding hydrogens is 192 g/mol. The Hall–Kier alpha value is -0.940. The first-order valence-electron chi connectivity index (χ1n) is 5.46. The number of nitrogens with two attached hydrogens (primary N) is 1. The van der Waals surface area contributed by atoms with E-state index >= 15 is 0 Å². The Labute approximate surface area is 89.6 Å². The average molecular weight is 210 g/mol. The number of aryl methyl sites for hydroxylation is 1. The Balaban J connectivity index is 2.09. The van der Waals surface area contributed by atoms with E-state index in [0.717, 1.165) is 32.5 Å². The van der Waals surface area contributed by atoms with Crippen LogP contribution in [0.4, 0.5) is 0 Å². The lowest BCUT2D eigenvalue weighted by molar-refractivity contribution is 0.160. The highest BCUT2D eigenvalue weighted by Crippen LogP contribution is 2.27. The Bertz CT molecular complexity index is 328. The molecule has 0 radical (unpaired) electrons. The lowest BCUT2D eigenvalue weighted by Gasteiger charge is -2.36. The Kier molecular flexibility index (Phi) is 2.75. The highest BCUT2D eigenvalue weighted by atomic mass is 16.5. The monoisotopic (exact) mass is 210 g/mol. The van der Waals surface area contributed by atoms with Crippen molar-refractivity contribution in [3.05, 3.63) is 11.7 Å². The van der Waals surface area contributed by atoms with Crippen molar-refractivity contribution < 1.29 is 4.52 Å². The molecule has 1 aromatic rings. The van der Waals surface area contributed by atoms with Crippen molar-refractivity contribution in [2.45, 2.75) is 32.2 Å². The van der Waals surface area contributed by atoms with Crippen LogP contribution < -0.4 is 5.73 Å². The van der Waals surface area contributed by atoms with Gasteiger partial charge in [-0.1, -0.05) is 12.1 Å². The molecule has 15 heavy (non-hydrogen) atoms. The van der Waals surface area contributed by atoms with Gasteiger partial charge in [0.05, 0.1) is 5.54 Å². The van der Waals surface area contributed by atoms with E-state index < -0.39 is 0 Å². The van der Waals surface area contributed by atoms with Crippen LogP contribution in [0.25, 0.3) is 0 Å². The van der Waals surface area contributed by atoms with Gasteiger partial charge in [-0.15, -0.1) is 0 Å². The third-order valence-corrected chi connectivity index (χ3v) is 3.17. The second-order valence-corrected chi connectivity index (χ2v) is 4.23. The maximum absolute atomic E-state index is 6.30. The molecule has 0 bridgehead atoms. The minimum absolute atomic E-state index is 0.385. The molecule has 2 heterocycles. The number of aromatic nitrogens is 2. The van der Waals surface area contributed by atoms with E-state index in [1.54, 1.807) is 6.92 Å². The van der Waals surface area contributed by atoms with Gasteiger partial charge in [0, 0.05) is 20.0 Å². The smallest absolute Gasteiger partial charge is 0.223 e. The molecule has 0 amide bonds. The zero-order chi connectivity index (χ0) is 10.9. The van der Waals surface area contributed by atoms with Gasteiger partial charge in [0.2, 0.25) is 5.89 Å². The summed E-state index contributed by atoms with van der Waals surface area (Å²) in [5.74, 6) is 1.25. The van der Waals surface area contributed by atoms with Gasteiger partial charge < -0.3 is 15.2 Å². The van der Waals surface area contributed by atoms with Gasteiger partial charge in [-0.3, -0.25) is 0 Å². The third kappa shape index (κ3) is 2.03. The first-order valence-corrected chi connectivity index (χ1v) is 5.46. The molecule has 1 saturated heterocycles. The minimum Gasteiger partial charge on any atom is -0.340 e. The van der Waals surface area contributed by atoms with Crippen molar-refractivity contribution in [2.75, 3.05) is 19.6 Å². The van der Waals surface area contributed by atoms with Crippen molar-refractivity contribution in [1.82, 2.24) is 15.0 Å².